The van der Waals surface area contributed by atoms with Gasteiger partial charge in [0.1, 0.15) is 0 Å². The normalized spacial score (nSPS) is 14.2. The van der Waals surface area contributed by atoms with E-state index in [0.717, 1.165) is 30.4 Å². The molecular formula is C27H36N2O3S. The van der Waals surface area contributed by atoms with Crippen molar-refractivity contribution >= 4 is 15.9 Å². The number of amides is 1. The first-order valence-electron chi connectivity index (χ1n) is 11.8. The Labute approximate surface area is 198 Å². The van der Waals surface area contributed by atoms with Crippen molar-refractivity contribution in [1.82, 2.24) is 9.62 Å². The molecule has 1 aliphatic rings. The second kappa shape index (κ2) is 11.6. The highest BCUT2D eigenvalue weighted by Crippen LogP contribution is 2.25. The number of nitrogens with zero attached hydrogens (tertiary/aromatic N) is 1. The van der Waals surface area contributed by atoms with Crippen LogP contribution in [0.25, 0.3) is 0 Å². The SMILES string of the molecule is Cc1cc(C)c(S(=O)(=O)N(CCc2ccccc2)CC(=O)NCCC2=CCCCC2)c(C)c1. The molecule has 0 saturated carbocycles. The Bertz CT molecular complexity index is 1070. The molecule has 0 fully saturated rings. The van der Waals surface area contributed by atoms with Gasteiger partial charge in [-0.1, -0.05) is 59.7 Å². The van der Waals surface area contributed by atoms with E-state index >= 15 is 0 Å². The van der Waals surface area contributed by atoms with Crippen LogP contribution < -0.4 is 5.32 Å². The van der Waals surface area contributed by atoms with Crippen molar-refractivity contribution in [3.8, 4) is 0 Å². The number of hydrogen-bond acceptors (Lipinski definition) is 3. The van der Waals surface area contributed by atoms with Crippen molar-refractivity contribution in [3.05, 3.63) is 76.4 Å². The molecule has 2 aromatic rings. The largest absolute Gasteiger partial charge is 0.355 e. The highest BCUT2D eigenvalue weighted by atomic mass is 32.2. The summed E-state index contributed by atoms with van der Waals surface area (Å²) < 4.78 is 28.7. The zero-order chi connectivity index (χ0) is 23.8. The monoisotopic (exact) mass is 468 g/mol. The van der Waals surface area contributed by atoms with Gasteiger partial charge in [-0.05, 0) is 76.0 Å². The molecule has 0 spiro atoms. The Morgan fingerprint density at radius 1 is 1.00 bits per heavy atom. The van der Waals surface area contributed by atoms with Crippen LogP contribution in [0.1, 0.15) is 54.4 Å². The minimum Gasteiger partial charge on any atom is -0.355 e. The molecule has 5 nitrogen and oxygen atoms in total. The number of rotatable bonds is 10. The van der Waals surface area contributed by atoms with E-state index in [-0.39, 0.29) is 19.0 Å². The molecule has 0 bridgehead atoms. The maximum absolute atomic E-state index is 13.7. The fourth-order valence-corrected chi connectivity index (χ4v) is 6.40. The van der Waals surface area contributed by atoms with Crippen LogP contribution in [0.5, 0.6) is 0 Å². The molecule has 0 saturated heterocycles. The summed E-state index contributed by atoms with van der Waals surface area (Å²) in [6.07, 6.45) is 8.31. The van der Waals surface area contributed by atoms with Gasteiger partial charge in [-0.25, -0.2) is 8.42 Å². The van der Waals surface area contributed by atoms with Gasteiger partial charge in [0.25, 0.3) is 0 Å². The van der Waals surface area contributed by atoms with Crippen molar-refractivity contribution < 1.29 is 13.2 Å². The van der Waals surface area contributed by atoms with Gasteiger partial charge in [0.05, 0.1) is 11.4 Å². The molecule has 33 heavy (non-hydrogen) atoms. The number of nitrogens with one attached hydrogen (secondary N) is 1. The Hall–Kier alpha value is -2.44. The van der Waals surface area contributed by atoms with E-state index in [2.05, 4.69) is 11.4 Å². The predicted octanol–water partition coefficient (Wildman–Crippen LogP) is 4.85. The van der Waals surface area contributed by atoms with E-state index in [0.29, 0.717) is 29.0 Å². The summed E-state index contributed by atoms with van der Waals surface area (Å²) in [5.41, 5.74) is 4.87. The molecule has 1 amide bonds. The van der Waals surface area contributed by atoms with Gasteiger partial charge in [-0.3, -0.25) is 4.79 Å². The molecule has 6 heteroatoms. The van der Waals surface area contributed by atoms with E-state index < -0.39 is 10.0 Å². The first-order valence-corrected chi connectivity index (χ1v) is 13.3. The molecular weight excluding hydrogens is 432 g/mol. The summed E-state index contributed by atoms with van der Waals surface area (Å²) in [5, 5.41) is 2.93. The van der Waals surface area contributed by atoms with Crippen LogP contribution in [0.4, 0.5) is 0 Å². The maximum Gasteiger partial charge on any atom is 0.244 e. The van der Waals surface area contributed by atoms with Crippen LogP contribution in [0.2, 0.25) is 0 Å². The molecule has 0 atom stereocenters. The highest BCUT2D eigenvalue weighted by molar-refractivity contribution is 7.89. The Morgan fingerprint density at radius 3 is 2.33 bits per heavy atom. The number of benzene rings is 2. The molecule has 0 radical (unpaired) electrons. The van der Waals surface area contributed by atoms with E-state index in [9.17, 15) is 13.2 Å². The van der Waals surface area contributed by atoms with Crippen molar-refractivity contribution in [1.29, 1.82) is 0 Å². The number of carbonyl (C=O) groups is 1. The number of hydrogen-bond donors (Lipinski definition) is 1. The Balaban J connectivity index is 1.75. The lowest BCUT2D eigenvalue weighted by Crippen LogP contribution is -2.42. The average molecular weight is 469 g/mol. The lowest BCUT2D eigenvalue weighted by molar-refractivity contribution is -0.121. The zero-order valence-electron chi connectivity index (χ0n) is 20.1. The molecule has 0 aliphatic heterocycles. The Kier molecular flexibility index (Phi) is 8.87. The number of sulfonamides is 1. The van der Waals surface area contributed by atoms with Crippen LogP contribution in [0, 0.1) is 20.8 Å². The molecule has 3 rings (SSSR count). The van der Waals surface area contributed by atoms with Crippen molar-refractivity contribution in [2.75, 3.05) is 19.6 Å². The second-order valence-electron chi connectivity index (χ2n) is 9.01. The van der Waals surface area contributed by atoms with Crippen molar-refractivity contribution in [2.45, 2.75) is 64.2 Å². The molecule has 178 valence electrons. The first-order chi connectivity index (χ1) is 15.8. The Morgan fingerprint density at radius 2 is 1.70 bits per heavy atom. The fourth-order valence-electron chi connectivity index (χ4n) is 4.60. The second-order valence-corrected chi connectivity index (χ2v) is 10.9. The minimum absolute atomic E-state index is 0.180. The van der Waals surface area contributed by atoms with Crippen molar-refractivity contribution in [2.24, 2.45) is 0 Å². The lowest BCUT2D eigenvalue weighted by Gasteiger charge is -2.24. The molecule has 2 aromatic carbocycles. The number of carbonyl (C=O) groups excluding carboxylic acids is 1. The van der Waals surface area contributed by atoms with Crippen molar-refractivity contribution in [3.63, 3.8) is 0 Å². The molecule has 0 heterocycles. The molecule has 0 unspecified atom stereocenters. The summed E-state index contributed by atoms with van der Waals surface area (Å²) in [6, 6.07) is 13.5. The van der Waals surface area contributed by atoms with Gasteiger partial charge in [0.2, 0.25) is 15.9 Å². The quantitative estimate of drug-likeness (QED) is 0.507. The number of aryl methyl sites for hydroxylation is 3. The van der Waals surface area contributed by atoms with Crippen LogP contribution in [0.15, 0.2) is 59.0 Å². The highest BCUT2D eigenvalue weighted by Gasteiger charge is 2.29. The molecule has 0 aromatic heterocycles. The van der Waals surface area contributed by atoms with E-state index in [1.54, 1.807) is 0 Å². The lowest BCUT2D eigenvalue weighted by atomic mass is 9.97. The van der Waals surface area contributed by atoms with Gasteiger partial charge in [0.15, 0.2) is 0 Å². The summed E-state index contributed by atoms with van der Waals surface area (Å²) in [6.45, 7) is 6.21. The average Bonchev–Trinajstić information content (AvgIpc) is 2.77. The predicted molar refractivity (Wildman–Crippen MR) is 134 cm³/mol. The van der Waals surface area contributed by atoms with Crippen LogP contribution in [-0.2, 0) is 21.2 Å². The standard InChI is InChI=1S/C27H36N2O3S/c1-21-18-22(2)27(23(3)19-21)33(31,32)29(17-15-25-12-8-5-9-13-25)20-26(30)28-16-14-24-10-6-4-7-11-24/h5,8-10,12-13,18-19H,4,6-7,11,14-17,20H2,1-3H3,(H,28,30). The van der Waals surface area contributed by atoms with Crippen LogP contribution >= 0.6 is 0 Å². The molecule has 1 aliphatic carbocycles. The summed E-state index contributed by atoms with van der Waals surface area (Å²) in [4.78, 5) is 13.1. The fraction of sp³-hybridized carbons (Fsp3) is 0.444. The van der Waals surface area contributed by atoms with E-state index in [4.69, 9.17) is 0 Å². The third kappa shape index (κ3) is 7.02. The van der Waals surface area contributed by atoms with Gasteiger partial charge in [0, 0.05) is 13.1 Å². The first kappa shape index (κ1) is 25.2. The van der Waals surface area contributed by atoms with Gasteiger partial charge < -0.3 is 5.32 Å². The van der Waals surface area contributed by atoms with Gasteiger partial charge >= 0.3 is 0 Å². The third-order valence-corrected chi connectivity index (χ3v) is 8.32. The van der Waals surface area contributed by atoms with E-state index in [1.165, 1.54) is 22.7 Å². The number of allylic oxidation sites excluding steroid dienone is 1. The smallest absolute Gasteiger partial charge is 0.244 e. The van der Waals surface area contributed by atoms with Gasteiger partial charge in [-0.2, -0.15) is 4.31 Å². The van der Waals surface area contributed by atoms with Crippen LogP contribution in [0.3, 0.4) is 0 Å². The summed E-state index contributed by atoms with van der Waals surface area (Å²) >= 11 is 0. The zero-order valence-corrected chi connectivity index (χ0v) is 20.9. The van der Waals surface area contributed by atoms with Gasteiger partial charge in [-0.15, -0.1) is 0 Å². The topological polar surface area (TPSA) is 66.5 Å². The molecule has 1 N–H and O–H groups in total. The minimum atomic E-state index is -3.83. The van der Waals surface area contributed by atoms with E-state index in [1.807, 2.05) is 63.2 Å². The maximum atomic E-state index is 13.7. The third-order valence-electron chi connectivity index (χ3n) is 6.17. The van der Waals surface area contributed by atoms with Crippen LogP contribution in [-0.4, -0.2) is 38.3 Å². The summed E-state index contributed by atoms with van der Waals surface area (Å²) in [7, 11) is -3.83. The summed E-state index contributed by atoms with van der Waals surface area (Å²) in [5.74, 6) is -0.259.